The maximum atomic E-state index is 12.8. The number of halogens is 3. The van der Waals surface area contributed by atoms with Gasteiger partial charge in [-0.3, -0.25) is 19.4 Å². The van der Waals surface area contributed by atoms with Crippen molar-refractivity contribution in [3.8, 4) is 0 Å². The van der Waals surface area contributed by atoms with Crippen molar-refractivity contribution >= 4 is 28.5 Å². The minimum Gasteiger partial charge on any atom is -0.353 e. The van der Waals surface area contributed by atoms with E-state index >= 15 is 0 Å². The summed E-state index contributed by atoms with van der Waals surface area (Å²) in [7, 11) is 0. The van der Waals surface area contributed by atoms with E-state index in [-0.39, 0.29) is 35.4 Å². The molecule has 1 aromatic carbocycles. The molecule has 1 atom stereocenters. The quantitative estimate of drug-likeness (QED) is 0.613. The van der Waals surface area contributed by atoms with E-state index in [1.165, 1.54) is 18.2 Å². The number of imidazole rings is 1. The van der Waals surface area contributed by atoms with Crippen LogP contribution in [-0.2, 0) is 15.8 Å². The molecule has 1 unspecified atom stereocenters. The molecule has 1 aliphatic rings. The summed E-state index contributed by atoms with van der Waals surface area (Å²) in [6, 6.07) is 4.54. The van der Waals surface area contributed by atoms with Gasteiger partial charge in [-0.15, -0.1) is 0 Å². The van der Waals surface area contributed by atoms with Crippen LogP contribution in [0, 0.1) is 0 Å². The number of hydrogen-bond donors (Lipinski definition) is 3. The van der Waals surface area contributed by atoms with E-state index in [0.29, 0.717) is 38.4 Å². The standard InChI is InChI=1S/C20H27F3N6O2/c1-3-13(2)24-17(30)11-28-6-8-29(9-7-28)12-18(31)25-14-4-5-15-16(10-14)27-19(26-15)20(21,22)23/h4-5,10,13H,3,6-9,11-12H2,1-2H3,(H,24,30)(H,25,31)(H,26,27). The minimum absolute atomic E-state index is 0.00317. The summed E-state index contributed by atoms with van der Waals surface area (Å²) in [5.41, 5.74) is 0.781. The molecule has 0 saturated carbocycles. The van der Waals surface area contributed by atoms with Crippen LogP contribution < -0.4 is 10.6 Å². The number of alkyl halides is 3. The number of H-pyrrole nitrogens is 1. The Bertz CT molecular complexity index is 921. The predicted octanol–water partition coefficient (Wildman–Crippen LogP) is 2.05. The SMILES string of the molecule is CCC(C)NC(=O)CN1CCN(CC(=O)Nc2ccc3nc(C(F)(F)F)[nH]c3c2)CC1. The summed E-state index contributed by atoms with van der Waals surface area (Å²) in [5, 5.41) is 5.66. The number of aromatic amines is 1. The lowest BCUT2D eigenvalue weighted by atomic mass is 10.2. The number of piperazine rings is 1. The summed E-state index contributed by atoms with van der Waals surface area (Å²) in [4.78, 5) is 34.1. The molecular weight excluding hydrogens is 413 g/mol. The molecule has 2 amide bonds. The number of fused-ring (bicyclic) bond motifs is 1. The van der Waals surface area contributed by atoms with Gasteiger partial charge in [-0.05, 0) is 31.5 Å². The Balaban J connectivity index is 1.47. The first-order valence-corrected chi connectivity index (χ1v) is 10.2. The van der Waals surface area contributed by atoms with E-state index in [4.69, 9.17) is 0 Å². The topological polar surface area (TPSA) is 93.4 Å². The normalized spacial score (nSPS) is 16.9. The number of benzene rings is 1. The number of amides is 2. The second-order valence-corrected chi connectivity index (χ2v) is 7.79. The van der Waals surface area contributed by atoms with Gasteiger partial charge in [0.15, 0.2) is 0 Å². The highest BCUT2D eigenvalue weighted by Crippen LogP contribution is 2.29. The van der Waals surface area contributed by atoms with Crippen molar-refractivity contribution in [1.82, 2.24) is 25.1 Å². The molecule has 0 bridgehead atoms. The van der Waals surface area contributed by atoms with Crippen LogP contribution >= 0.6 is 0 Å². The maximum absolute atomic E-state index is 12.8. The van der Waals surface area contributed by atoms with E-state index in [0.717, 1.165) is 6.42 Å². The van der Waals surface area contributed by atoms with Crippen LogP contribution in [0.3, 0.4) is 0 Å². The summed E-state index contributed by atoms with van der Waals surface area (Å²) in [6.07, 6.45) is -3.68. The molecular formula is C20H27F3N6O2. The number of aromatic nitrogens is 2. The van der Waals surface area contributed by atoms with Crippen molar-refractivity contribution in [1.29, 1.82) is 0 Å². The van der Waals surface area contributed by atoms with Crippen molar-refractivity contribution in [3.05, 3.63) is 24.0 Å². The van der Waals surface area contributed by atoms with E-state index in [2.05, 4.69) is 25.5 Å². The first-order valence-electron chi connectivity index (χ1n) is 10.2. The number of nitrogens with zero attached hydrogens (tertiary/aromatic N) is 3. The van der Waals surface area contributed by atoms with Crippen LogP contribution in [0.4, 0.5) is 18.9 Å². The predicted molar refractivity (Wildman–Crippen MR) is 111 cm³/mol. The largest absolute Gasteiger partial charge is 0.449 e. The Morgan fingerprint density at radius 1 is 1.13 bits per heavy atom. The number of rotatable bonds is 7. The Hall–Kier alpha value is -2.66. The summed E-state index contributed by atoms with van der Waals surface area (Å²) in [5.74, 6) is -1.32. The number of hydrogen-bond acceptors (Lipinski definition) is 5. The van der Waals surface area contributed by atoms with E-state index in [1.807, 2.05) is 18.7 Å². The zero-order valence-corrected chi connectivity index (χ0v) is 17.6. The zero-order chi connectivity index (χ0) is 22.6. The van der Waals surface area contributed by atoms with Gasteiger partial charge < -0.3 is 15.6 Å². The van der Waals surface area contributed by atoms with Crippen LogP contribution in [0.2, 0.25) is 0 Å². The first kappa shape index (κ1) is 23.0. The lowest BCUT2D eigenvalue weighted by molar-refractivity contribution is -0.144. The lowest BCUT2D eigenvalue weighted by Crippen LogP contribution is -2.51. The van der Waals surface area contributed by atoms with Gasteiger partial charge in [0.2, 0.25) is 17.6 Å². The lowest BCUT2D eigenvalue weighted by Gasteiger charge is -2.34. The molecule has 3 rings (SSSR count). The van der Waals surface area contributed by atoms with Crippen molar-refractivity contribution in [2.24, 2.45) is 0 Å². The van der Waals surface area contributed by atoms with E-state index in [9.17, 15) is 22.8 Å². The van der Waals surface area contributed by atoms with Crippen LogP contribution in [0.5, 0.6) is 0 Å². The van der Waals surface area contributed by atoms with Crippen molar-refractivity contribution in [3.63, 3.8) is 0 Å². The van der Waals surface area contributed by atoms with E-state index < -0.39 is 12.0 Å². The molecule has 31 heavy (non-hydrogen) atoms. The first-order chi connectivity index (χ1) is 14.6. The van der Waals surface area contributed by atoms with E-state index in [1.54, 1.807) is 0 Å². The van der Waals surface area contributed by atoms with Gasteiger partial charge in [0.25, 0.3) is 0 Å². The number of nitrogens with one attached hydrogen (secondary N) is 3. The van der Waals surface area contributed by atoms with Crippen molar-refractivity contribution < 1.29 is 22.8 Å². The van der Waals surface area contributed by atoms with Gasteiger partial charge in [0.05, 0.1) is 24.1 Å². The molecule has 3 N–H and O–H groups in total. The Morgan fingerprint density at radius 2 is 1.74 bits per heavy atom. The second-order valence-electron chi connectivity index (χ2n) is 7.79. The molecule has 0 radical (unpaired) electrons. The Kier molecular flexibility index (Phi) is 7.16. The summed E-state index contributed by atoms with van der Waals surface area (Å²) < 4.78 is 38.3. The van der Waals surface area contributed by atoms with Gasteiger partial charge in [0, 0.05) is 37.9 Å². The highest BCUT2D eigenvalue weighted by Gasteiger charge is 2.34. The molecule has 1 saturated heterocycles. The fourth-order valence-corrected chi connectivity index (χ4v) is 3.36. The molecule has 8 nitrogen and oxygen atoms in total. The van der Waals surface area contributed by atoms with Gasteiger partial charge in [-0.2, -0.15) is 13.2 Å². The van der Waals surface area contributed by atoms with Crippen LogP contribution in [0.1, 0.15) is 26.1 Å². The fraction of sp³-hybridized carbons (Fsp3) is 0.550. The smallest absolute Gasteiger partial charge is 0.353 e. The zero-order valence-electron chi connectivity index (χ0n) is 17.6. The average Bonchev–Trinajstić information content (AvgIpc) is 3.13. The third-order valence-corrected chi connectivity index (χ3v) is 5.25. The third-order valence-electron chi connectivity index (χ3n) is 5.25. The molecule has 11 heteroatoms. The molecule has 1 aromatic heterocycles. The van der Waals surface area contributed by atoms with Gasteiger partial charge >= 0.3 is 6.18 Å². The Morgan fingerprint density at radius 3 is 2.32 bits per heavy atom. The molecule has 1 fully saturated rings. The second kappa shape index (κ2) is 9.65. The van der Waals surface area contributed by atoms with Crippen LogP contribution in [0.15, 0.2) is 18.2 Å². The number of anilines is 1. The maximum Gasteiger partial charge on any atom is 0.449 e. The number of carbonyl (C=O) groups excluding carboxylic acids is 2. The fourth-order valence-electron chi connectivity index (χ4n) is 3.36. The average molecular weight is 440 g/mol. The number of carbonyl (C=O) groups is 2. The molecule has 2 aromatic rings. The minimum atomic E-state index is -4.56. The summed E-state index contributed by atoms with van der Waals surface area (Å²) in [6.45, 7) is 7.16. The van der Waals surface area contributed by atoms with Crippen molar-refractivity contribution in [2.75, 3.05) is 44.6 Å². The molecule has 2 heterocycles. The third kappa shape index (κ3) is 6.41. The van der Waals surface area contributed by atoms with Gasteiger partial charge in [-0.25, -0.2) is 4.98 Å². The monoisotopic (exact) mass is 440 g/mol. The van der Waals surface area contributed by atoms with Gasteiger partial charge in [-0.1, -0.05) is 6.92 Å². The molecule has 0 aliphatic carbocycles. The molecule has 1 aliphatic heterocycles. The Labute approximate surface area is 178 Å². The molecule has 170 valence electrons. The highest BCUT2D eigenvalue weighted by molar-refractivity contribution is 5.94. The van der Waals surface area contributed by atoms with Crippen LogP contribution in [0.25, 0.3) is 11.0 Å². The van der Waals surface area contributed by atoms with Crippen LogP contribution in [-0.4, -0.2) is 76.9 Å². The molecule has 0 spiro atoms. The summed E-state index contributed by atoms with van der Waals surface area (Å²) >= 11 is 0. The highest BCUT2D eigenvalue weighted by atomic mass is 19.4. The van der Waals surface area contributed by atoms with Crippen molar-refractivity contribution in [2.45, 2.75) is 32.5 Å². The van der Waals surface area contributed by atoms with Gasteiger partial charge in [0.1, 0.15) is 0 Å².